The van der Waals surface area contributed by atoms with Crippen molar-refractivity contribution in [2.75, 3.05) is 18.6 Å². The van der Waals surface area contributed by atoms with Gasteiger partial charge in [0.25, 0.3) is 11.8 Å². The molecule has 0 aromatic heterocycles. The lowest BCUT2D eigenvalue weighted by Crippen LogP contribution is -2.54. The molecule has 4 rings (SSSR count). The lowest BCUT2D eigenvalue weighted by atomic mass is 10.1. The number of rotatable bonds is 8. The maximum atomic E-state index is 13.3. The molecule has 3 aromatic rings. The highest BCUT2D eigenvalue weighted by Crippen LogP contribution is 2.35. The molecular weight excluding hydrogens is 587 g/mol. The Hall–Kier alpha value is -3.86. The third-order valence-electron chi connectivity index (χ3n) is 5.57. The van der Waals surface area contributed by atoms with Gasteiger partial charge in [0.1, 0.15) is 17.9 Å². The molecule has 0 saturated carbocycles. The minimum absolute atomic E-state index is 0.179. The van der Waals surface area contributed by atoms with Crippen LogP contribution in [0.3, 0.4) is 0 Å². The van der Waals surface area contributed by atoms with Crippen molar-refractivity contribution in [1.82, 2.24) is 5.32 Å². The predicted octanol–water partition coefficient (Wildman–Crippen LogP) is 5.25. The van der Waals surface area contributed by atoms with Gasteiger partial charge in [0, 0.05) is 0 Å². The molecule has 8 nitrogen and oxygen atoms in total. The highest BCUT2D eigenvalue weighted by Gasteiger charge is 2.37. The van der Waals surface area contributed by atoms with Gasteiger partial charge in [0.05, 0.1) is 23.0 Å². The van der Waals surface area contributed by atoms with Crippen LogP contribution in [0.25, 0.3) is 6.08 Å². The fourth-order valence-electron chi connectivity index (χ4n) is 3.71. The second-order valence-electron chi connectivity index (χ2n) is 8.19. The smallest absolute Gasteiger partial charge is 0.335 e. The van der Waals surface area contributed by atoms with Crippen molar-refractivity contribution < 1.29 is 28.6 Å². The van der Waals surface area contributed by atoms with Crippen LogP contribution >= 0.6 is 22.6 Å². The molecule has 1 heterocycles. The van der Waals surface area contributed by atoms with E-state index in [1.54, 1.807) is 36.4 Å². The van der Waals surface area contributed by atoms with Crippen LogP contribution in [0.1, 0.15) is 23.6 Å². The Morgan fingerprint density at radius 2 is 1.68 bits per heavy atom. The Labute approximate surface area is 228 Å². The molecule has 0 bridgehead atoms. The van der Waals surface area contributed by atoms with Crippen molar-refractivity contribution in [2.45, 2.75) is 20.5 Å². The van der Waals surface area contributed by atoms with Gasteiger partial charge in [0.2, 0.25) is 0 Å². The summed E-state index contributed by atoms with van der Waals surface area (Å²) in [6.07, 6.45) is 1.43. The van der Waals surface area contributed by atoms with Crippen molar-refractivity contribution in [1.29, 1.82) is 0 Å². The quantitative estimate of drug-likeness (QED) is 0.212. The normalized spacial score (nSPS) is 14.5. The Bertz CT molecular complexity index is 1370. The van der Waals surface area contributed by atoms with E-state index in [2.05, 4.69) is 27.9 Å². The molecule has 1 N–H and O–H groups in total. The first-order valence-electron chi connectivity index (χ1n) is 11.5. The minimum Gasteiger partial charge on any atom is -0.493 e. The van der Waals surface area contributed by atoms with E-state index in [0.29, 0.717) is 41.7 Å². The molecule has 3 aromatic carbocycles. The summed E-state index contributed by atoms with van der Waals surface area (Å²) in [5.41, 5.74) is 2.87. The molecule has 0 radical (unpaired) electrons. The molecular formula is C28H25IN2O6. The zero-order chi connectivity index (χ0) is 26.5. The van der Waals surface area contributed by atoms with Crippen LogP contribution in [0.15, 0.2) is 66.2 Å². The van der Waals surface area contributed by atoms with Crippen molar-refractivity contribution >= 4 is 52.2 Å². The summed E-state index contributed by atoms with van der Waals surface area (Å²) in [4.78, 5) is 39.4. The van der Waals surface area contributed by atoms with Gasteiger partial charge in [-0.25, -0.2) is 9.69 Å². The molecule has 0 unspecified atom stereocenters. The Balaban J connectivity index is 1.56. The molecule has 4 amide bonds. The predicted molar refractivity (Wildman–Crippen MR) is 148 cm³/mol. The maximum Gasteiger partial charge on any atom is 0.335 e. The summed E-state index contributed by atoms with van der Waals surface area (Å²) in [6, 6.07) is 17.2. The number of nitrogens with zero attached hydrogens (tertiary/aromatic N) is 1. The number of barbiturate groups is 1. The van der Waals surface area contributed by atoms with Crippen LogP contribution in [0.4, 0.5) is 10.5 Å². The monoisotopic (exact) mass is 612 g/mol. The van der Waals surface area contributed by atoms with E-state index in [-0.39, 0.29) is 5.57 Å². The Morgan fingerprint density at radius 1 is 0.973 bits per heavy atom. The lowest BCUT2D eigenvalue weighted by Gasteiger charge is -2.26. The number of carbonyl (C=O) groups excluding carboxylic acids is 3. The zero-order valence-corrected chi connectivity index (χ0v) is 22.7. The number of benzene rings is 3. The average Bonchev–Trinajstić information content (AvgIpc) is 2.88. The van der Waals surface area contributed by atoms with E-state index in [1.165, 1.54) is 18.7 Å². The summed E-state index contributed by atoms with van der Waals surface area (Å²) in [7, 11) is 1.51. The molecule has 1 aliphatic rings. The Kier molecular flexibility index (Phi) is 8.12. The molecule has 0 spiro atoms. The second-order valence-corrected chi connectivity index (χ2v) is 9.36. The SMILES string of the molecule is CCOc1c(I)cc(/C=C2\C(=O)NC(=O)N(c3ccc(OCc4ccc(C)cc4)cc3)C2=O)cc1OC. The van der Waals surface area contributed by atoms with Crippen molar-refractivity contribution in [3.63, 3.8) is 0 Å². The first-order valence-corrected chi connectivity index (χ1v) is 12.6. The summed E-state index contributed by atoms with van der Waals surface area (Å²) in [6.45, 7) is 4.73. The summed E-state index contributed by atoms with van der Waals surface area (Å²) < 4.78 is 17.6. The van der Waals surface area contributed by atoms with Gasteiger partial charge in [-0.15, -0.1) is 0 Å². The number of hydrogen-bond donors (Lipinski definition) is 1. The van der Waals surface area contributed by atoms with Crippen LogP contribution in [0.5, 0.6) is 17.2 Å². The molecule has 9 heteroatoms. The number of hydrogen-bond acceptors (Lipinski definition) is 6. The largest absolute Gasteiger partial charge is 0.493 e. The fourth-order valence-corrected chi connectivity index (χ4v) is 4.49. The van der Waals surface area contributed by atoms with E-state index in [0.717, 1.165) is 14.0 Å². The number of imide groups is 2. The highest BCUT2D eigenvalue weighted by molar-refractivity contribution is 14.1. The summed E-state index contributed by atoms with van der Waals surface area (Å²) in [5.74, 6) is 0.126. The van der Waals surface area contributed by atoms with Crippen molar-refractivity contribution in [3.05, 3.63) is 86.5 Å². The number of amides is 4. The first kappa shape index (κ1) is 26.2. The standard InChI is InChI=1S/C28H25IN2O6/c1-4-36-25-23(29)14-19(15-24(25)35-3)13-22-26(32)30-28(34)31(27(22)33)20-9-11-21(12-10-20)37-16-18-7-5-17(2)6-8-18/h5-15H,4,16H2,1-3H3,(H,30,32,34)/b22-13+. The first-order chi connectivity index (χ1) is 17.8. The topological polar surface area (TPSA) is 94.2 Å². The molecule has 1 saturated heterocycles. The third kappa shape index (κ3) is 5.93. The maximum absolute atomic E-state index is 13.3. The van der Waals surface area contributed by atoms with Crippen LogP contribution in [0, 0.1) is 10.5 Å². The zero-order valence-electron chi connectivity index (χ0n) is 20.5. The van der Waals surface area contributed by atoms with Crippen LogP contribution in [-0.2, 0) is 16.2 Å². The number of urea groups is 1. The molecule has 190 valence electrons. The summed E-state index contributed by atoms with van der Waals surface area (Å²) >= 11 is 2.10. The molecule has 1 fully saturated rings. The number of anilines is 1. The van der Waals surface area contributed by atoms with Crippen LogP contribution in [0.2, 0.25) is 0 Å². The molecule has 37 heavy (non-hydrogen) atoms. The van der Waals surface area contributed by atoms with E-state index in [9.17, 15) is 14.4 Å². The highest BCUT2D eigenvalue weighted by atomic mass is 127. The van der Waals surface area contributed by atoms with Gasteiger partial charge < -0.3 is 14.2 Å². The molecule has 0 atom stereocenters. The number of halogens is 1. The third-order valence-corrected chi connectivity index (χ3v) is 6.38. The number of methoxy groups -OCH3 is 1. The molecule has 0 aliphatic carbocycles. The Morgan fingerprint density at radius 3 is 2.32 bits per heavy atom. The van der Waals surface area contributed by atoms with Gasteiger partial charge in [-0.2, -0.15) is 0 Å². The van der Waals surface area contributed by atoms with Gasteiger partial charge in [-0.05, 0) is 90.0 Å². The number of carbonyl (C=O) groups is 3. The van der Waals surface area contributed by atoms with Gasteiger partial charge >= 0.3 is 6.03 Å². The summed E-state index contributed by atoms with van der Waals surface area (Å²) in [5, 5.41) is 2.24. The lowest BCUT2D eigenvalue weighted by molar-refractivity contribution is -0.122. The van der Waals surface area contributed by atoms with E-state index in [1.807, 2.05) is 38.1 Å². The van der Waals surface area contributed by atoms with Gasteiger partial charge in [-0.1, -0.05) is 29.8 Å². The van der Waals surface area contributed by atoms with Crippen molar-refractivity contribution in [2.24, 2.45) is 0 Å². The van der Waals surface area contributed by atoms with E-state index < -0.39 is 17.8 Å². The number of nitrogens with one attached hydrogen (secondary N) is 1. The average molecular weight is 612 g/mol. The van der Waals surface area contributed by atoms with E-state index >= 15 is 0 Å². The van der Waals surface area contributed by atoms with Gasteiger partial charge in [-0.3, -0.25) is 14.9 Å². The fraction of sp³-hybridized carbons (Fsp3) is 0.179. The van der Waals surface area contributed by atoms with Crippen LogP contribution < -0.4 is 24.4 Å². The molecule has 1 aliphatic heterocycles. The van der Waals surface area contributed by atoms with Gasteiger partial charge in [0.15, 0.2) is 11.5 Å². The second kappa shape index (κ2) is 11.5. The van der Waals surface area contributed by atoms with E-state index in [4.69, 9.17) is 14.2 Å². The van der Waals surface area contributed by atoms with Crippen molar-refractivity contribution in [3.8, 4) is 17.2 Å². The number of aryl methyl sites for hydroxylation is 1. The number of ether oxygens (including phenoxy) is 3. The minimum atomic E-state index is -0.820. The van der Waals surface area contributed by atoms with Crippen LogP contribution in [-0.4, -0.2) is 31.6 Å².